The van der Waals surface area contributed by atoms with E-state index in [9.17, 15) is 4.48 Å². The maximum atomic E-state index is 12.5. The number of rotatable bonds is 2. The molecule has 2 nitrogen and oxygen atoms in total. The highest BCUT2D eigenvalue weighted by Gasteiger charge is 2.17. The van der Waals surface area contributed by atoms with E-state index in [1.807, 2.05) is 18.2 Å². The van der Waals surface area contributed by atoms with E-state index in [1.165, 1.54) is 0 Å². The smallest absolute Gasteiger partial charge is 0.0690 e. The molecule has 2 rings (SSSR count). The summed E-state index contributed by atoms with van der Waals surface area (Å²) >= 11 is 0. The van der Waals surface area contributed by atoms with Crippen LogP contribution in [-0.4, -0.2) is 13.1 Å². The lowest BCUT2D eigenvalue weighted by molar-refractivity contribution is 0.459. The van der Waals surface area contributed by atoms with E-state index in [2.05, 4.69) is 5.32 Å². The first-order chi connectivity index (χ1) is 6.92. The van der Waals surface area contributed by atoms with E-state index in [0.29, 0.717) is 11.6 Å². The third-order valence-electron chi connectivity index (χ3n) is 2.84. The number of halogens is 1. The summed E-state index contributed by atoms with van der Waals surface area (Å²) < 4.78 is 12.5. The molecule has 0 aromatic heterocycles. The molecule has 0 aliphatic carbocycles. The Morgan fingerprint density at radius 2 is 1.93 bits per heavy atom. The molecule has 1 fully saturated rings. The van der Waals surface area contributed by atoms with Crippen LogP contribution in [0.5, 0.6) is 0 Å². The van der Waals surface area contributed by atoms with Crippen LogP contribution in [0.15, 0.2) is 24.3 Å². The van der Waals surface area contributed by atoms with E-state index < -0.39 is 0 Å². The monoisotopic (exact) mass is 194 g/mol. The second kappa shape index (κ2) is 4.42. The molecule has 0 amide bonds. The van der Waals surface area contributed by atoms with Crippen molar-refractivity contribution in [2.75, 3.05) is 18.6 Å². The average molecular weight is 194 g/mol. The summed E-state index contributed by atoms with van der Waals surface area (Å²) in [4.78, 5) is 0. The topological polar surface area (TPSA) is 24.1 Å². The number of hydrogen-bond donors (Lipinski definition) is 2. The van der Waals surface area contributed by atoms with Crippen molar-refractivity contribution in [1.29, 1.82) is 0 Å². The predicted octanol–water partition coefficient (Wildman–Crippen LogP) is 2.45. The average Bonchev–Trinajstić information content (AvgIpc) is 2.30. The number of hydrogen-bond acceptors (Lipinski definition) is 2. The molecule has 0 spiro atoms. The van der Waals surface area contributed by atoms with Crippen molar-refractivity contribution in [2.24, 2.45) is 0 Å². The Balaban J connectivity index is 2.20. The summed E-state index contributed by atoms with van der Waals surface area (Å²) in [7, 11) is 0. The Labute approximate surface area is 83.5 Å². The molecule has 3 heteroatoms. The number of nitrogens with one attached hydrogen (secondary N) is 2. The van der Waals surface area contributed by atoms with Crippen LogP contribution >= 0.6 is 0 Å². The molecule has 1 aromatic carbocycles. The number of piperidine rings is 1. The fourth-order valence-corrected chi connectivity index (χ4v) is 2.07. The molecular weight excluding hydrogens is 179 g/mol. The van der Waals surface area contributed by atoms with Gasteiger partial charge in [-0.3, -0.25) is 0 Å². The lowest BCUT2D eigenvalue weighted by atomic mass is 9.89. The van der Waals surface area contributed by atoms with Crippen molar-refractivity contribution in [1.82, 2.24) is 5.32 Å². The molecule has 0 radical (unpaired) electrons. The molecule has 1 saturated heterocycles. The molecule has 0 bridgehead atoms. The molecule has 76 valence electrons. The third-order valence-corrected chi connectivity index (χ3v) is 2.84. The minimum Gasteiger partial charge on any atom is -0.317 e. The summed E-state index contributed by atoms with van der Waals surface area (Å²) in [5.74, 6) is 0.496. The van der Waals surface area contributed by atoms with Crippen LogP contribution in [0, 0.1) is 0 Å². The van der Waals surface area contributed by atoms with Gasteiger partial charge in [-0.15, -0.1) is 4.48 Å². The van der Waals surface area contributed by atoms with Gasteiger partial charge in [-0.05, 0) is 43.5 Å². The lowest BCUT2D eigenvalue weighted by Crippen LogP contribution is -2.26. The van der Waals surface area contributed by atoms with Crippen molar-refractivity contribution >= 4 is 5.69 Å². The predicted molar refractivity (Wildman–Crippen MR) is 56.0 cm³/mol. The summed E-state index contributed by atoms with van der Waals surface area (Å²) in [6.45, 7) is 2.07. The molecule has 2 N–H and O–H groups in total. The van der Waals surface area contributed by atoms with Crippen LogP contribution in [0.2, 0.25) is 0 Å². The van der Waals surface area contributed by atoms with Crippen LogP contribution in [0.25, 0.3) is 0 Å². The number of benzene rings is 1. The van der Waals surface area contributed by atoms with Gasteiger partial charge in [0.1, 0.15) is 0 Å². The van der Waals surface area contributed by atoms with E-state index in [-0.39, 0.29) is 0 Å². The van der Waals surface area contributed by atoms with Crippen LogP contribution < -0.4 is 10.9 Å². The van der Waals surface area contributed by atoms with Crippen molar-refractivity contribution < 1.29 is 4.48 Å². The largest absolute Gasteiger partial charge is 0.317 e. The van der Waals surface area contributed by atoms with Gasteiger partial charge in [0.15, 0.2) is 0 Å². The lowest BCUT2D eigenvalue weighted by Gasteiger charge is -2.24. The molecule has 0 saturated carbocycles. The van der Waals surface area contributed by atoms with E-state index in [4.69, 9.17) is 0 Å². The van der Waals surface area contributed by atoms with Crippen molar-refractivity contribution in [3.8, 4) is 0 Å². The Morgan fingerprint density at radius 3 is 2.64 bits per heavy atom. The Hall–Kier alpha value is -1.09. The molecule has 1 aliphatic rings. The second-order valence-electron chi connectivity index (χ2n) is 3.71. The zero-order valence-electron chi connectivity index (χ0n) is 8.09. The van der Waals surface area contributed by atoms with Crippen LogP contribution in [0.1, 0.15) is 24.3 Å². The van der Waals surface area contributed by atoms with E-state index in [1.54, 1.807) is 11.6 Å². The van der Waals surface area contributed by atoms with Gasteiger partial charge in [0.2, 0.25) is 0 Å². The fraction of sp³-hybridized carbons (Fsp3) is 0.455. The Bertz CT molecular complexity index is 295. The first-order valence-corrected chi connectivity index (χ1v) is 5.08. The summed E-state index contributed by atoms with van der Waals surface area (Å²) in [6.07, 6.45) is 2.19. The molecular formula is C11H15FN2. The van der Waals surface area contributed by atoms with Gasteiger partial charge >= 0.3 is 0 Å². The van der Waals surface area contributed by atoms with Crippen LogP contribution in [-0.2, 0) is 0 Å². The fourth-order valence-electron chi connectivity index (χ4n) is 2.07. The minimum atomic E-state index is 0.496. The zero-order chi connectivity index (χ0) is 9.80. The maximum Gasteiger partial charge on any atom is 0.0690 e. The van der Waals surface area contributed by atoms with Gasteiger partial charge in [0.05, 0.1) is 5.69 Å². The van der Waals surface area contributed by atoms with Gasteiger partial charge in [-0.1, -0.05) is 18.2 Å². The zero-order valence-corrected chi connectivity index (χ0v) is 8.09. The van der Waals surface area contributed by atoms with E-state index >= 15 is 0 Å². The van der Waals surface area contributed by atoms with Crippen LogP contribution in [0.3, 0.4) is 0 Å². The van der Waals surface area contributed by atoms with Gasteiger partial charge in [-0.25, -0.2) is 5.54 Å². The quantitative estimate of drug-likeness (QED) is 0.707. The van der Waals surface area contributed by atoms with Gasteiger partial charge in [-0.2, -0.15) is 0 Å². The highest BCUT2D eigenvalue weighted by atomic mass is 19.2. The van der Waals surface area contributed by atoms with Gasteiger partial charge in [0.25, 0.3) is 0 Å². The number of anilines is 1. The molecule has 0 atom stereocenters. The molecule has 1 heterocycles. The highest BCUT2D eigenvalue weighted by molar-refractivity contribution is 5.51. The van der Waals surface area contributed by atoms with Crippen molar-refractivity contribution in [3.63, 3.8) is 0 Å². The Morgan fingerprint density at radius 1 is 1.21 bits per heavy atom. The minimum absolute atomic E-state index is 0.496. The first kappa shape index (κ1) is 9.46. The van der Waals surface area contributed by atoms with Crippen molar-refractivity contribution in [2.45, 2.75) is 18.8 Å². The van der Waals surface area contributed by atoms with Crippen molar-refractivity contribution in [3.05, 3.63) is 29.8 Å². The second-order valence-corrected chi connectivity index (χ2v) is 3.71. The summed E-state index contributed by atoms with van der Waals surface area (Å²) in [6, 6.07) is 7.62. The summed E-state index contributed by atoms with van der Waals surface area (Å²) in [5, 5.41) is 3.31. The first-order valence-electron chi connectivity index (χ1n) is 5.08. The van der Waals surface area contributed by atoms with E-state index in [0.717, 1.165) is 31.5 Å². The molecule has 1 aliphatic heterocycles. The molecule has 14 heavy (non-hydrogen) atoms. The highest BCUT2D eigenvalue weighted by Crippen LogP contribution is 2.30. The summed E-state index contributed by atoms with van der Waals surface area (Å²) in [5.41, 5.74) is 3.50. The SMILES string of the molecule is FNc1ccccc1C1CCNCC1. The normalized spacial score (nSPS) is 18.1. The van der Waals surface area contributed by atoms with Crippen LogP contribution in [0.4, 0.5) is 10.2 Å². The number of para-hydroxylation sites is 1. The van der Waals surface area contributed by atoms with Gasteiger partial charge < -0.3 is 5.32 Å². The van der Waals surface area contributed by atoms with Gasteiger partial charge in [0, 0.05) is 0 Å². The third kappa shape index (κ3) is 1.87. The Kier molecular flexibility index (Phi) is 2.99. The molecule has 1 aromatic rings. The molecule has 0 unspecified atom stereocenters. The maximum absolute atomic E-state index is 12.5. The standard InChI is InChI=1S/C11H15FN2/c12-14-11-4-2-1-3-10(11)9-5-7-13-8-6-9/h1-4,9,13-14H,5-8H2.